The number of aromatic nitrogens is 2. The van der Waals surface area contributed by atoms with E-state index in [-0.39, 0.29) is 0 Å². The Morgan fingerprint density at radius 2 is 2.00 bits per heavy atom. The van der Waals surface area contributed by atoms with E-state index in [1.807, 2.05) is 6.20 Å². The van der Waals surface area contributed by atoms with E-state index >= 15 is 0 Å². The molecule has 4 heteroatoms. The standard InChI is InChI=1S/C14H26N4/c1-6-7-16-13-9-15-10-14(17-13)18(5)12(4)8-11(2)3/h9-12H,6-8H2,1-5H3,(H,16,17). The summed E-state index contributed by atoms with van der Waals surface area (Å²) in [6.07, 6.45) is 5.85. The smallest absolute Gasteiger partial charge is 0.149 e. The van der Waals surface area contributed by atoms with Crippen LogP contribution in [-0.2, 0) is 0 Å². The molecule has 0 fully saturated rings. The molecule has 0 amide bonds. The number of rotatable bonds is 7. The Kier molecular flexibility index (Phi) is 5.89. The molecule has 0 aromatic carbocycles. The summed E-state index contributed by atoms with van der Waals surface area (Å²) in [7, 11) is 2.08. The normalized spacial score (nSPS) is 12.6. The summed E-state index contributed by atoms with van der Waals surface area (Å²) in [5, 5.41) is 3.27. The molecule has 0 aliphatic rings. The molecular formula is C14H26N4. The Morgan fingerprint density at radius 3 is 2.61 bits per heavy atom. The van der Waals surface area contributed by atoms with E-state index < -0.39 is 0 Å². The van der Waals surface area contributed by atoms with E-state index in [0.29, 0.717) is 12.0 Å². The fourth-order valence-corrected chi connectivity index (χ4v) is 1.93. The molecule has 102 valence electrons. The van der Waals surface area contributed by atoms with Gasteiger partial charge in [0.05, 0.1) is 12.4 Å². The van der Waals surface area contributed by atoms with Crippen LogP contribution < -0.4 is 10.2 Å². The summed E-state index contributed by atoms with van der Waals surface area (Å²) in [5.41, 5.74) is 0. The van der Waals surface area contributed by atoms with Crippen LogP contribution in [0.1, 0.15) is 40.5 Å². The SMILES string of the molecule is CCCNc1cncc(N(C)C(C)CC(C)C)n1. The molecule has 1 aromatic rings. The maximum Gasteiger partial charge on any atom is 0.149 e. The Balaban J connectivity index is 2.69. The van der Waals surface area contributed by atoms with Crippen LogP contribution in [0.25, 0.3) is 0 Å². The lowest BCUT2D eigenvalue weighted by Crippen LogP contribution is -2.31. The summed E-state index contributed by atoms with van der Waals surface area (Å²) in [4.78, 5) is 11.0. The minimum absolute atomic E-state index is 0.473. The summed E-state index contributed by atoms with van der Waals surface area (Å²) >= 11 is 0. The second-order valence-electron chi connectivity index (χ2n) is 5.28. The summed E-state index contributed by atoms with van der Waals surface area (Å²) in [5.74, 6) is 2.49. The van der Waals surface area contributed by atoms with Gasteiger partial charge >= 0.3 is 0 Å². The van der Waals surface area contributed by atoms with Crippen molar-refractivity contribution in [3.8, 4) is 0 Å². The van der Waals surface area contributed by atoms with Crippen molar-refractivity contribution >= 4 is 11.6 Å². The van der Waals surface area contributed by atoms with Crippen molar-refractivity contribution < 1.29 is 0 Å². The molecule has 1 N–H and O–H groups in total. The third kappa shape index (κ3) is 4.51. The maximum absolute atomic E-state index is 4.59. The van der Waals surface area contributed by atoms with Crippen LogP contribution in [0.4, 0.5) is 11.6 Å². The fourth-order valence-electron chi connectivity index (χ4n) is 1.93. The van der Waals surface area contributed by atoms with Crippen molar-refractivity contribution in [3.05, 3.63) is 12.4 Å². The topological polar surface area (TPSA) is 41.1 Å². The highest BCUT2D eigenvalue weighted by molar-refractivity contribution is 5.43. The van der Waals surface area contributed by atoms with Gasteiger partial charge < -0.3 is 10.2 Å². The van der Waals surface area contributed by atoms with Crippen LogP contribution in [0.5, 0.6) is 0 Å². The molecule has 0 spiro atoms. The lowest BCUT2D eigenvalue weighted by molar-refractivity contribution is 0.502. The van der Waals surface area contributed by atoms with Gasteiger partial charge in [-0.15, -0.1) is 0 Å². The largest absolute Gasteiger partial charge is 0.369 e. The van der Waals surface area contributed by atoms with Crippen LogP contribution in [-0.4, -0.2) is 29.6 Å². The van der Waals surface area contributed by atoms with Crippen molar-refractivity contribution in [2.45, 2.75) is 46.6 Å². The summed E-state index contributed by atoms with van der Waals surface area (Å²) in [6, 6.07) is 0.473. The van der Waals surface area contributed by atoms with Gasteiger partial charge in [-0.2, -0.15) is 0 Å². The van der Waals surface area contributed by atoms with Gasteiger partial charge in [0.2, 0.25) is 0 Å². The van der Waals surface area contributed by atoms with Crippen molar-refractivity contribution in [2.24, 2.45) is 5.92 Å². The minimum Gasteiger partial charge on any atom is -0.369 e. The first-order valence-corrected chi connectivity index (χ1v) is 6.83. The summed E-state index contributed by atoms with van der Waals surface area (Å²) < 4.78 is 0. The van der Waals surface area contributed by atoms with E-state index in [4.69, 9.17) is 0 Å². The number of hydrogen-bond acceptors (Lipinski definition) is 4. The van der Waals surface area contributed by atoms with E-state index in [0.717, 1.165) is 31.0 Å². The predicted octanol–water partition coefficient (Wildman–Crippen LogP) is 3.17. The molecule has 1 aromatic heterocycles. The maximum atomic E-state index is 4.59. The van der Waals surface area contributed by atoms with Crippen LogP contribution in [0.3, 0.4) is 0 Å². The second-order valence-corrected chi connectivity index (χ2v) is 5.28. The van der Waals surface area contributed by atoms with Gasteiger partial charge in [-0.3, -0.25) is 4.98 Å². The molecule has 0 saturated carbocycles. The number of nitrogens with one attached hydrogen (secondary N) is 1. The van der Waals surface area contributed by atoms with E-state index in [1.165, 1.54) is 0 Å². The van der Waals surface area contributed by atoms with Crippen LogP contribution in [0.2, 0.25) is 0 Å². The van der Waals surface area contributed by atoms with Gasteiger partial charge in [0.15, 0.2) is 0 Å². The molecule has 1 heterocycles. The molecule has 4 nitrogen and oxygen atoms in total. The lowest BCUT2D eigenvalue weighted by atomic mass is 10.0. The third-order valence-electron chi connectivity index (χ3n) is 3.01. The van der Waals surface area contributed by atoms with Crippen LogP contribution in [0.15, 0.2) is 12.4 Å². The highest BCUT2D eigenvalue weighted by atomic mass is 15.2. The third-order valence-corrected chi connectivity index (χ3v) is 3.01. The molecule has 0 radical (unpaired) electrons. The first kappa shape index (κ1) is 14.7. The molecule has 1 atom stereocenters. The molecule has 0 aliphatic carbocycles. The summed E-state index contributed by atoms with van der Waals surface area (Å²) in [6.45, 7) is 9.79. The molecule has 1 rings (SSSR count). The molecule has 18 heavy (non-hydrogen) atoms. The van der Waals surface area contributed by atoms with Gasteiger partial charge in [0.25, 0.3) is 0 Å². The van der Waals surface area contributed by atoms with Gasteiger partial charge in [0.1, 0.15) is 11.6 Å². The van der Waals surface area contributed by atoms with E-state index in [9.17, 15) is 0 Å². The van der Waals surface area contributed by atoms with E-state index in [1.54, 1.807) is 6.20 Å². The van der Waals surface area contributed by atoms with Gasteiger partial charge in [-0.05, 0) is 25.7 Å². The zero-order valence-corrected chi connectivity index (χ0v) is 12.3. The van der Waals surface area contributed by atoms with Crippen LogP contribution >= 0.6 is 0 Å². The quantitative estimate of drug-likeness (QED) is 0.807. The van der Waals surface area contributed by atoms with Crippen molar-refractivity contribution in [1.82, 2.24) is 9.97 Å². The minimum atomic E-state index is 0.473. The van der Waals surface area contributed by atoms with Crippen molar-refractivity contribution in [2.75, 3.05) is 23.8 Å². The number of nitrogens with zero attached hydrogens (tertiary/aromatic N) is 3. The van der Waals surface area contributed by atoms with Gasteiger partial charge in [0, 0.05) is 19.6 Å². The van der Waals surface area contributed by atoms with Crippen LogP contribution in [0, 0.1) is 5.92 Å². The molecule has 0 bridgehead atoms. The molecule has 0 aliphatic heterocycles. The average molecular weight is 250 g/mol. The van der Waals surface area contributed by atoms with Crippen molar-refractivity contribution in [3.63, 3.8) is 0 Å². The monoisotopic (exact) mass is 250 g/mol. The Hall–Kier alpha value is -1.32. The average Bonchev–Trinajstić information content (AvgIpc) is 2.35. The van der Waals surface area contributed by atoms with Crippen molar-refractivity contribution in [1.29, 1.82) is 0 Å². The van der Waals surface area contributed by atoms with Gasteiger partial charge in [-0.1, -0.05) is 20.8 Å². The molecule has 0 saturated heterocycles. The Labute approximate surface area is 111 Å². The second kappa shape index (κ2) is 7.19. The Morgan fingerprint density at radius 1 is 1.28 bits per heavy atom. The number of hydrogen-bond donors (Lipinski definition) is 1. The highest BCUT2D eigenvalue weighted by Gasteiger charge is 2.13. The molecule has 1 unspecified atom stereocenters. The zero-order valence-electron chi connectivity index (χ0n) is 12.3. The van der Waals surface area contributed by atoms with E-state index in [2.05, 4.69) is 54.9 Å². The zero-order chi connectivity index (χ0) is 13.5. The first-order valence-electron chi connectivity index (χ1n) is 6.83. The predicted molar refractivity (Wildman–Crippen MR) is 78.1 cm³/mol. The fraction of sp³-hybridized carbons (Fsp3) is 0.714. The Bertz CT molecular complexity index is 351. The molecular weight excluding hydrogens is 224 g/mol. The first-order chi connectivity index (χ1) is 8.54. The lowest BCUT2D eigenvalue weighted by Gasteiger charge is -2.27. The highest BCUT2D eigenvalue weighted by Crippen LogP contribution is 2.17. The number of anilines is 2. The van der Waals surface area contributed by atoms with Gasteiger partial charge in [-0.25, -0.2) is 4.98 Å².